The number of aromatic nitrogens is 3. The SMILES string of the molecule is CCNC(=NCc1cccc(-c2ncn[nH]2)c1)NCCc1ccccc1Cl. The van der Waals surface area contributed by atoms with E-state index >= 15 is 0 Å². The van der Waals surface area contributed by atoms with Crippen LogP contribution in [0.15, 0.2) is 59.9 Å². The molecule has 0 aliphatic rings. The number of nitrogens with one attached hydrogen (secondary N) is 3. The Morgan fingerprint density at radius 3 is 2.81 bits per heavy atom. The number of hydrogen-bond donors (Lipinski definition) is 3. The average Bonchev–Trinajstić information content (AvgIpc) is 3.23. The summed E-state index contributed by atoms with van der Waals surface area (Å²) in [7, 11) is 0. The van der Waals surface area contributed by atoms with Gasteiger partial charge in [-0.2, -0.15) is 5.10 Å². The number of aromatic amines is 1. The summed E-state index contributed by atoms with van der Waals surface area (Å²) in [4.78, 5) is 8.87. The Morgan fingerprint density at radius 2 is 2.04 bits per heavy atom. The van der Waals surface area contributed by atoms with Crippen molar-refractivity contribution in [2.45, 2.75) is 19.9 Å². The Labute approximate surface area is 164 Å². The summed E-state index contributed by atoms with van der Waals surface area (Å²) in [5.41, 5.74) is 3.23. The van der Waals surface area contributed by atoms with Crippen LogP contribution < -0.4 is 10.6 Å². The summed E-state index contributed by atoms with van der Waals surface area (Å²) in [6.45, 7) is 4.18. The van der Waals surface area contributed by atoms with Crippen molar-refractivity contribution in [3.63, 3.8) is 0 Å². The van der Waals surface area contributed by atoms with Crippen molar-refractivity contribution < 1.29 is 0 Å². The Bertz CT molecular complexity index is 876. The number of H-pyrrole nitrogens is 1. The molecule has 27 heavy (non-hydrogen) atoms. The van der Waals surface area contributed by atoms with Gasteiger partial charge in [0.1, 0.15) is 6.33 Å². The summed E-state index contributed by atoms with van der Waals surface area (Å²) < 4.78 is 0. The fourth-order valence-corrected chi connectivity index (χ4v) is 2.92. The lowest BCUT2D eigenvalue weighted by molar-refractivity contribution is 0.800. The molecule has 2 aromatic carbocycles. The summed E-state index contributed by atoms with van der Waals surface area (Å²) in [6.07, 6.45) is 2.34. The second-order valence-electron chi connectivity index (χ2n) is 6.00. The maximum atomic E-state index is 6.21. The lowest BCUT2D eigenvalue weighted by atomic mass is 10.1. The Kier molecular flexibility index (Phi) is 6.82. The lowest BCUT2D eigenvalue weighted by Gasteiger charge is -2.12. The first-order valence-electron chi connectivity index (χ1n) is 8.96. The molecule has 7 heteroatoms. The van der Waals surface area contributed by atoms with Crippen LogP contribution in [0.2, 0.25) is 5.02 Å². The van der Waals surface area contributed by atoms with E-state index in [2.05, 4.69) is 49.9 Å². The van der Waals surface area contributed by atoms with E-state index in [9.17, 15) is 0 Å². The molecule has 0 spiro atoms. The topological polar surface area (TPSA) is 78.0 Å². The molecule has 0 saturated carbocycles. The molecular formula is C20H23ClN6. The summed E-state index contributed by atoms with van der Waals surface area (Å²) >= 11 is 6.21. The van der Waals surface area contributed by atoms with E-state index in [1.165, 1.54) is 6.33 Å². The van der Waals surface area contributed by atoms with Crippen molar-refractivity contribution in [2.24, 2.45) is 4.99 Å². The minimum absolute atomic E-state index is 0.573. The molecule has 0 bridgehead atoms. The zero-order valence-electron chi connectivity index (χ0n) is 15.2. The number of halogens is 1. The number of guanidine groups is 1. The van der Waals surface area contributed by atoms with Gasteiger partial charge < -0.3 is 10.6 Å². The number of nitrogens with zero attached hydrogens (tertiary/aromatic N) is 3. The van der Waals surface area contributed by atoms with Crippen LogP contribution in [0.25, 0.3) is 11.4 Å². The zero-order valence-corrected chi connectivity index (χ0v) is 16.0. The van der Waals surface area contributed by atoms with E-state index in [-0.39, 0.29) is 0 Å². The highest BCUT2D eigenvalue weighted by atomic mass is 35.5. The third kappa shape index (κ3) is 5.56. The fourth-order valence-electron chi connectivity index (χ4n) is 2.69. The van der Waals surface area contributed by atoms with Crippen LogP contribution in [0.4, 0.5) is 0 Å². The van der Waals surface area contributed by atoms with Crippen LogP contribution in [0.5, 0.6) is 0 Å². The molecule has 3 rings (SSSR count). The summed E-state index contributed by atoms with van der Waals surface area (Å²) in [6, 6.07) is 16.0. The van der Waals surface area contributed by atoms with Crippen LogP contribution in [-0.4, -0.2) is 34.2 Å². The van der Waals surface area contributed by atoms with E-state index in [0.29, 0.717) is 6.54 Å². The van der Waals surface area contributed by atoms with Crippen LogP contribution in [0, 0.1) is 0 Å². The minimum Gasteiger partial charge on any atom is -0.357 e. The van der Waals surface area contributed by atoms with Gasteiger partial charge in [0.05, 0.1) is 6.54 Å². The molecule has 3 N–H and O–H groups in total. The molecule has 0 saturated heterocycles. The molecule has 0 unspecified atom stereocenters. The molecule has 1 aromatic heterocycles. The van der Waals surface area contributed by atoms with Crippen LogP contribution in [0.1, 0.15) is 18.1 Å². The lowest BCUT2D eigenvalue weighted by Crippen LogP contribution is -2.38. The van der Waals surface area contributed by atoms with Gasteiger partial charge >= 0.3 is 0 Å². The molecule has 6 nitrogen and oxygen atoms in total. The van der Waals surface area contributed by atoms with Crippen LogP contribution in [-0.2, 0) is 13.0 Å². The van der Waals surface area contributed by atoms with Gasteiger partial charge in [-0.1, -0.05) is 48.0 Å². The first kappa shape index (κ1) is 18.9. The molecule has 0 aliphatic heterocycles. The van der Waals surface area contributed by atoms with E-state index in [4.69, 9.17) is 11.6 Å². The van der Waals surface area contributed by atoms with Gasteiger partial charge in [-0.3, -0.25) is 5.10 Å². The maximum absolute atomic E-state index is 6.21. The first-order chi connectivity index (χ1) is 13.3. The molecular weight excluding hydrogens is 360 g/mol. The third-order valence-corrected chi connectivity index (χ3v) is 4.39. The minimum atomic E-state index is 0.573. The standard InChI is InChI=1S/C20H23ClN6/c1-2-22-20(23-11-10-16-7-3-4-9-18(16)21)24-13-15-6-5-8-17(12-15)19-25-14-26-27-19/h3-9,12,14H,2,10-11,13H2,1H3,(H2,22,23,24)(H,25,26,27). The predicted octanol–water partition coefficient (Wildman–Crippen LogP) is 3.42. The third-order valence-electron chi connectivity index (χ3n) is 4.02. The normalized spacial score (nSPS) is 11.4. The fraction of sp³-hybridized carbons (Fsp3) is 0.250. The average molecular weight is 383 g/mol. The van der Waals surface area contributed by atoms with Crippen molar-refractivity contribution in [3.8, 4) is 11.4 Å². The Balaban J connectivity index is 1.60. The monoisotopic (exact) mass is 382 g/mol. The molecule has 0 atom stereocenters. The van der Waals surface area contributed by atoms with E-state index in [0.717, 1.165) is 53.0 Å². The van der Waals surface area contributed by atoms with Gasteiger partial charge in [0.25, 0.3) is 0 Å². The highest BCUT2D eigenvalue weighted by molar-refractivity contribution is 6.31. The van der Waals surface area contributed by atoms with Crippen molar-refractivity contribution in [2.75, 3.05) is 13.1 Å². The molecule has 140 valence electrons. The number of benzene rings is 2. The smallest absolute Gasteiger partial charge is 0.191 e. The van der Waals surface area contributed by atoms with Gasteiger partial charge in [-0.15, -0.1) is 0 Å². The second-order valence-corrected chi connectivity index (χ2v) is 6.41. The van der Waals surface area contributed by atoms with E-state index < -0.39 is 0 Å². The van der Waals surface area contributed by atoms with E-state index in [1.54, 1.807) is 0 Å². The quantitative estimate of drug-likeness (QED) is 0.432. The predicted molar refractivity (Wildman–Crippen MR) is 110 cm³/mol. The molecule has 0 radical (unpaired) electrons. The van der Waals surface area contributed by atoms with Crippen molar-refractivity contribution >= 4 is 17.6 Å². The van der Waals surface area contributed by atoms with Crippen LogP contribution >= 0.6 is 11.6 Å². The van der Waals surface area contributed by atoms with Gasteiger partial charge in [-0.25, -0.2) is 9.98 Å². The zero-order chi connectivity index (χ0) is 18.9. The Morgan fingerprint density at radius 1 is 1.15 bits per heavy atom. The van der Waals surface area contributed by atoms with Gasteiger partial charge in [0, 0.05) is 23.7 Å². The highest BCUT2D eigenvalue weighted by Crippen LogP contribution is 2.16. The summed E-state index contributed by atoms with van der Waals surface area (Å²) in [5, 5.41) is 14.2. The first-order valence-corrected chi connectivity index (χ1v) is 9.34. The molecule has 3 aromatic rings. The second kappa shape index (κ2) is 9.73. The van der Waals surface area contributed by atoms with Gasteiger partial charge in [0.15, 0.2) is 11.8 Å². The highest BCUT2D eigenvalue weighted by Gasteiger charge is 2.03. The van der Waals surface area contributed by atoms with Crippen molar-refractivity contribution in [3.05, 3.63) is 71.0 Å². The maximum Gasteiger partial charge on any atom is 0.191 e. The largest absolute Gasteiger partial charge is 0.357 e. The number of hydrogen-bond acceptors (Lipinski definition) is 3. The van der Waals surface area contributed by atoms with Crippen molar-refractivity contribution in [1.82, 2.24) is 25.8 Å². The number of aliphatic imine (C=N–C) groups is 1. The molecule has 1 heterocycles. The van der Waals surface area contributed by atoms with Crippen molar-refractivity contribution in [1.29, 1.82) is 0 Å². The Hall–Kier alpha value is -2.86. The van der Waals surface area contributed by atoms with Crippen LogP contribution in [0.3, 0.4) is 0 Å². The van der Waals surface area contributed by atoms with Gasteiger partial charge in [0.2, 0.25) is 0 Å². The molecule has 0 amide bonds. The van der Waals surface area contributed by atoms with E-state index in [1.807, 2.05) is 36.4 Å². The van der Waals surface area contributed by atoms with Gasteiger partial charge in [-0.05, 0) is 36.6 Å². The summed E-state index contributed by atoms with van der Waals surface area (Å²) in [5.74, 6) is 1.54. The molecule has 0 aliphatic carbocycles. The molecule has 0 fully saturated rings. The number of rotatable bonds is 7.